The third kappa shape index (κ3) is 3.41. The lowest BCUT2D eigenvalue weighted by atomic mass is 10.1. The van der Waals surface area contributed by atoms with E-state index in [1.54, 1.807) is 0 Å². The van der Waals surface area contributed by atoms with Gasteiger partial charge < -0.3 is 10.2 Å². The SMILES string of the molecule is CCN1CCCC(Nc2ccc(Br)c3ccccc23)CC1. The monoisotopic (exact) mass is 346 g/mol. The quantitative estimate of drug-likeness (QED) is 0.851. The highest BCUT2D eigenvalue weighted by molar-refractivity contribution is 9.10. The van der Waals surface area contributed by atoms with Crippen molar-refractivity contribution in [3.8, 4) is 0 Å². The molecule has 1 saturated heterocycles. The predicted molar refractivity (Wildman–Crippen MR) is 95.0 cm³/mol. The van der Waals surface area contributed by atoms with Gasteiger partial charge >= 0.3 is 0 Å². The van der Waals surface area contributed by atoms with E-state index in [2.05, 4.69) is 69.5 Å². The smallest absolute Gasteiger partial charge is 0.0422 e. The highest BCUT2D eigenvalue weighted by Crippen LogP contribution is 2.31. The fourth-order valence-electron chi connectivity index (χ4n) is 3.22. The first-order valence-corrected chi connectivity index (χ1v) is 8.73. The molecule has 1 aliphatic heterocycles. The van der Waals surface area contributed by atoms with Crippen molar-refractivity contribution in [3.63, 3.8) is 0 Å². The minimum atomic E-state index is 0.589. The van der Waals surface area contributed by atoms with Gasteiger partial charge in [0.05, 0.1) is 0 Å². The molecule has 112 valence electrons. The maximum atomic E-state index is 3.79. The Labute approximate surface area is 135 Å². The number of nitrogens with zero attached hydrogens (tertiary/aromatic N) is 1. The summed E-state index contributed by atoms with van der Waals surface area (Å²) in [6.07, 6.45) is 3.79. The standard InChI is InChI=1S/C18H23BrN2/c1-2-21-12-5-6-14(11-13-21)20-18-10-9-17(19)15-7-3-4-8-16(15)18/h3-4,7-10,14,20H,2,5-6,11-13H2,1H3. The molecule has 0 saturated carbocycles. The molecule has 21 heavy (non-hydrogen) atoms. The number of hydrogen-bond acceptors (Lipinski definition) is 2. The van der Waals surface area contributed by atoms with Gasteiger partial charge in [-0.25, -0.2) is 0 Å². The lowest BCUT2D eigenvalue weighted by Gasteiger charge is -2.20. The lowest BCUT2D eigenvalue weighted by molar-refractivity contribution is 0.300. The number of hydrogen-bond donors (Lipinski definition) is 1. The molecule has 2 aromatic rings. The molecule has 1 aliphatic rings. The Balaban J connectivity index is 1.80. The van der Waals surface area contributed by atoms with Crippen molar-refractivity contribution >= 4 is 32.4 Å². The summed E-state index contributed by atoms with van der Waals surface area (Å²) in [5.41, 5.74) is 1.27. The van der Waals surface area contributed by atoms with Crippen LogP contribution in [0.1, 0.15) is 26.2 Å². The summed E-state index contributed by atoms with van der Waals surface area (Å²) in [6, 6.07) is 13.5. The molecule has 2 nitrogen and oxygen atoms in total. The summed E-state index contributed by atoms with van der Waals surface area (Å²) in [6.45, 7) is 5.89. The van der Waals surface area contributed by atoms with Gasteiger partial charge in [-0.1, -0.05) is 47.1 Å². The normalized spacial score (nSPS) is 20.4. The van der Waals surface area contributed by atoms with E-state index in [4.69, 9.17) is 0 Å². The summed E-state index contributed by atoms with van der Waals surface area (Å²) in [5.74, 6) is 0. The molecule has 1 heterocycles. The Kier molecular flexibility index (Phi) is 4.81. The molecule has 1 fully saturated rings. The summed E-state index contributed by atoms with van der Waals surface area (Å²) < 4.78 is 1.17. The molecule has 0 aromatic heterocycles. The highest BCUT2D eigenvalue weighted by atomic mass is 79.9. The Bertz CT molecular complexity index is 611. The van der Waals surface area contributed by atoms with Crippen LogP contribution in [-0.2, 0) is 0 Å². The van der Waals surface area contributed by atoms with E-state index in [9.17, 15) is 0 Å². The topological polar surface area (TPSA) is 15.3 Å². The summed E-state index contributed by atoms with van der Waals surface area (Å²) >= 11 is 3.65. The first-order chi connectivity index (χ1) is 10.3. The number of likely N-dealkylation sites (tertiary alicyclic amines) is 1. The summed E-state index contributed by atoms with van der Waals surface area (Å²) in [7, 11) is 0. The fourth-order valence-corrected chi connectivity index (χ4v) is 3.70. The number of halogens is 1. The maximum absolute atomic E-state index is 3.79. The van der Waals surface area contributed by atoms with E-state index < -0.39 is 0 Å². The van der Waals surface area contributed by atoms with Gasteiger partial charge in [0, 0.05) is 28.1 Å². The first kappa shape index (κ1) is 14.9. The molecule has 3 rings (SSSR count). The van der Waals surface area contributed by atoms with Crippen molar-refractivity contribution in [2.75, 3.05) is 25.0 Å². The van der Waals surface area contributed by atoms with Crippen LogP contribution in [-0.4, -0.2) is 30.6 Å². The Morgan fingerprint density at radius 3 is 2.71 bits per heavy atom. The van der Waals surface area contributed by atoms with E-state index in [1.807, 2.05) is 0 Å². The molecule has 0 radical (unpaired) electrons. The number of fused-ring (bicyclic) bond motifs is 1. The number of benzene rings is 2. The van der Waals surface area contributed by atoms with E-state index in [-0.39, 0.29) is 0 Å². The van der Waals surface area contributed by atoms with Crippen LogP contribution in [0.15, 0.2) is 40.9 Å². The van der Waals surface area contributed by atoms with Gasteiger partial charge in [-0.3, -0.25) is 0 Å². The van der Waals surface area contributed by atoms with Gasteiger partial charge in [-0.15, -0.1) is 0 Å². The Morgan fingerprint density at radius 1 is 1.10 bits per heavy atom. The van der Waals surface area contributed by atoms with Gasteiger partial charge in [0.1, 0.15) is 0 Å². The van der Waals surface area contributed by atoms with Crippen LogP contribution in [0.4, 0.5) is 5.69 Å². The van der Waals surface area contributed by atoms with Crippen LogP contribution in [0, 0.1) is 0 Å². The zero-order valence-electron chi connectivity index (χ0n) is 12.6. The summed E-state index contributed by atoms with van der Waals surface area (Å²) in [5, 5.41) is 6.38. The fraction of sp³-hybridized carbons (Fsp3) is 0.444. The van der Waals surface area contributed by atoms with Crippen molar-refractivity contribution in [3.05, 3.63) is 40.9 Å². The molecular formula is C18H23BrN2. The average Bonchev–Trinajstić information content (AvgIpc) is 2.75. The van der Waals surface area contributed by atoms with Crippen LogP contribution >= 0.6 is 15.9 Å². The third-order valence-corrected chi connectivity index (χ3v) is 5.19. The maximum Gasteiger partial charge on any atom is 0.0422 e. The number of nitrogens with one attached hydrogen (secondary N) is 1. The van der Waals surface area contributed by atoms with Gasteiger partial charge in [0.15, 0.2) is 0 Å². The van der Waals surface area contributed by atoms with E-state index in [1.165, 1.54) is 59.8 Å². The van der Waals surface area contributed by atoms with Gasteiger partial charge in [-0.05, 0) is 49.9 Å². The molecule has 2 aromatic carbocycles. The molecule has 0 amide bonds. The summed E-state index contributed by atoms with van der Waals surface area (Å²) in [4.78, 5) is 2.56. The molecule has 0 aliphatic carbocycles. The van der Waals surface area contributed by atoms with Crippen molar-refractivity contribution in [1.82, 2.24) is 4.90 Å². The molecule has 1 N–H and O–H groups in total. The molecule has 0 bridgehead atoms. The Morgan fingerprint density at radius 2 is 1.90 bits per heavy atom. The van der Waals surface area contributed by atoms with Crippen LogP contribution in [0.2, 0.25) is 0 Å². The van der Waals surface area contributed by atoms with Crippen molar-refractivity contribution in [2.24, 2.45) is 0 Å². The molecule has 0 spiro atoms. The van der Waals surface area contributed by atoms with E-state index in [0.717, 1.165) is 0 Å². The lowest BCUT2D eigenvalue weighted by Crippen LogP contribution is -2.26. The molecule has 1 unspecified atom stereocenters. The van der Waals surface area contributed by atoms with E-state index >= 15 is 0 Å². The minimum Gasteiger partial charge on any atom is -0.382 e. The van der Waals surface area contributed by atoms with E-state index in [0.29, 0.717) is 6.04 Å². The molecule has 3 heteroatoms. The molecular weight excluding hydrogens is 324 g/mol. The molecule has 1 atom stereocenters. The van der Waals surface area contributed by atoms with Crippen LogP contribution < -0.4 is 5.32 Å². The number of anilines is 1. The number of rotatable bonds is 3. The van der Waals surface area contributed by atoms with Gasteiger partial charge in [0.2, 0.25) is 0 Å². The zero-order valence-corrected chi connectivity index (χ0v) is 14.2. The van der Waals surface area contributed by atoms with Crippen LogP contribution in [0.5, 0.6) is 0 Å². The minimum absolute atomic E-state index is 0.589. The van der Waals surface area contributed by atoms with Crippen LogP contribution in [0.3, 0.4) is 0 Å². The average molecular weight is 347 g/mol. The first-order valence-electron chi connectivity index (χ1n) is 7.94. The van der Waals surface area contributed by atoms with Gasteiger partial charge in [0.25, 0.3) is 0 Å². The van der Waals surface area contributed by atoms with Crippen molar-refractivity contribution in [2.45, 2.75) is 32.2 Å². The van der Waals surface area contributed by atoms with Crippen molar-refractivity contribution in [1.29, 1.82) is 0 Å². The Hall–Kier alpha value is -1.06. The van der Waals surface area contributed by atoms with Gasteiger partial charge in [-0.2, -0.15) is 0 Å². The predicted octanol–water partition coefficient (Wildman–Crippen LogP) is 4.89. The zero-order chi connectivity index (χ0) is 14.7. The second kappa shape index (κ2) is 6.80. The second-order valence-electron chi connectivity index (χ2n) is 5.85. The second-order valence-corrected chi connectivity index (χ2v) is 6.70. The third-order valence-electron chi connectivity index (χ3n) is 4.50. The van der Waals surface area contributed by atoms with Crippen molar-refractivity contribution < 1.29 is 0 Å². The van der Waals surface area contributed by atoms with Crippen LogP contribution in [0.25, 0.3) is 10.8 Å². The highest BCUT2D eigenvalue weighted by Gasteiger charge is 2.16. The largest absolute Gasteiger partial charge is 0.382 e.